The molecule has 0 spiro atoms. The van der Waals surface area contributed by atoms with Gasteiger partial charge >= 0.3 is 16.2 Å². The lowest BCUT2D eigenvalue weighted by atomic mass is 10.2. The first-order chi connectivity index (χ1) is 8.29. The monoisotopic (exact) mass is 275 g/mol. The Balaban J connectivity index is 3.09. The third kappa shape index (κ3) is 3.02. The topological polar surface area (TPSA) is 91.5 Å². The second kappa shape index (κ2) is 5.40. The van der Waals surface area contributed by atoms with Crippen molar-refractivity contribution in [2.24, 2.45) is 0 Å². The van der Waals surface area contributed by atoms with Gasteiger partial charge in [0.15, 0.2) is 0 Å². The molecule has 1 rings (SSSR count). The number of ether oxygens (including phenoxy) is 1. The maximum atomic E-state index is 11.7. The van der Waals surface area contributed by atoms with Gasteiger partial charge in [0, 0.05) is 26.0 Å². The molecule has 0 atom stereocenters. The summed E-state index contributed by atoms with van der Waals surface area (Å²) in [5, 5.41) is 0. The lowest BCUT2D eigenvalue weighted by Gasteiger charge is -2.13. The van der Waals surface area contributed by atoms with E-state index in [0.29, 0.717) is 5.69 Å². The zero-order valence-electron chi connectivity index (χ0n) is 10.8. The average Bonchev–Trinajstić information content (AvgIpc) is 2.59. The zero-order valence-corrected chi connectivity index (χ0v) is 11.6. The maximum Gasteiger partial charge on any atom is 0.342 e. The Kier molecular flexibility index (Phi) is 4.36. The summed E-state index contributed by atoms with van der Waals surface area (Å²) in [6.07, 6.45) is 1.42. The fourth-order valence-corrected chi connectivity index (χ4v) is 1.93. The predicted octanol–water partition coefficient (Wildman–Crippen LogP) is 0.718. The van der Waals surface area contributed by atoms with Crippen LogP contribution in [-0.4, -0.2) is 44.4 Å². The summed E-state index contributed by atoms with van der Waals surface area (Å²) < 4.78 is 31.6. The molecule has 0 aliphatic carbocycles. The minimum absolute atomic E-state index is 0.180. The summed E-state index contributed by atoms with van der Waals surface area (Å²) in [5.74, 6) is -0.562. The number of H-pyrrole nitrogens is 1. The Labute approximate surface area is 106 Å². The van der Waals surface area contributed by atoms with Gasteiger partial charge in [-0.3, -0.25) is 4.72 Å². The Morgan fingerprint density at radius 2 is 2.11 bits per heavy atom. The van der Waals surface area contributed by atoms with Crippen LogP contribution in [0.5, 0.6) is 0 Å². The van der Waals surface area contributed by atoms with Crippen LogP contribution in [0.3, 0.4) is 0 Å². The number of hydrogen-bond donors (Lipinski definition) is 2. The molecule has 0 saturated heterocycles. The number of aromatic nitrogens is 1. The van der Waals surface area contributed by atoms with Gasteiger partial charge in [-0.2, -0.15) is 12.7 Å². The molecule has 0 unspecified atom stereocenters. The van der Waals surface area contributed by atoms with E-state index >= 15 is 0 Å². The number of nitrogens with one attached hydrogen (secondary N) is 2. The average molecular weight is 275 g/mol. The fourth-order valence-electron chi connectivity index (χ4n) is 1.30. The number of nitrogens with zero attached hydrogens (tertiary/aromatic N) is 1. The molecule has 0 saturated carbocycles. The second-order valence-corrected chi connectivity index (χ2v) is 5.70. The van der Waals surface area contributed by atoms with Gasteiger partial charge in [0.05, 0.1) is 12.3 Å². The van der Waals surface area contributed by atoms with E-state index in [4.69, 9.17) is 4.74 Å². The number of rotatable bonds is 5. The number of carbonyl (C=O) groups is 1. The van der Waals surface area contributed by atoms with Crippen molar-refractivity contribution in [1.82, 2.24) is 9.29 Å². The third-order valence-corrected chi connectivity index (χ3v) is 3.72. The molecule has 0 aliphatic heterocycles. The summed E-state index contributed by atoms with van der Waals surface area (Å²) in [5.41, 5.74) is 0.923. The quantitative estimate of drug-likeness (QED) is 0.774. The van der Waals surface area contributed by atoms with Gasteiger partial charge in [-0.15, -0.1) is 0 Å². The molecule has 0 amide bonds. The summed E-state index contributed by atoms with van der Waals surface area (Å²) in [6.45, 7) is 3.58. The zero-order chi connectivity index (χ0) is 13.9. The minimum atomic E-state index is -3.65. The first-order valence-electron chi connectivity index (χ1n) is 5.35. The first kappa shape index (κ1) is 14.5. The van der Waals surface area contributed by atoms with Gasteiger partial charge in [0.2, 0.25) is 0 Å². The smallest absolute Gasteiger partial charge is 0.342 e. The molecule has 0 aromatic carbocycles. The van der Waals surface area contributed by atoms with Gasteiger partial charge in [-0.1, -0.05) is 0 Å². The van der Waals surface area contributed by atoms with Crippen LogP contribution in [0.25, 0.3) is 0 Å². The lowest BCUT2D eigenvalue weighted by molar-refractivity contribution is 0.0527. The minimum Gasteiger partial charge on any atom is -0.462 e. The van der Waals surface area contributed by atoms with Crippen LogP contribution >= 0.6 is 0 Å². The van der Waals surface area contributed by atoms with E-state index in [-0.39, 0.29) is 17.9 Å². The van der Waals surface area contributed by atoms with Gasteiger partial charge < -0.3 is 9.72 Å². The predicted molar refractivity (Wildman–Crippen MR) is 67.7 cm³/mol. The standard InChI is InChI=1S/C10H17N3O4S/c1-5-17-10(14)9-7(2)11-6-8(9)12-18(15,16)13(3)4/h6,11-12H,5H2,1-4H3. The van der Waals surface area contributed by atoms with Crippen LogP contribution in [0.2, 0.25) is 0 Å². The van der Waals surface area contributed by atoms with Crippen LogP contribution in [-0.2, 0) is 14.9 Å². The normalized spacial score (nSPS) is 11.6. The molecule has 2 N–H and O–H groups in total. The van der Waals surface area contributed by atoms with Gasteiger partial charge in [-0.25, -0.2) is 4.79 Å². The van der Waals surface area contributed by atoms with E-state index in [2.05, 4.69) is 9.71 Å². The van der Waals surface area contributed by atoms with Crippen molar-refractivity contribution in [3.05, 3.63) is 17.5 Å². The van der Waals surface area contributed by atoms with E-state index < -0.39 is 16.2 Å². The molecule has 0 aliphatic rings. The Morgan fingerprint density at radius 3 is 2.61 bits per heavy atom. The van der Waals surface area contributed by atoms with E-state index in [9.17, 15) is 13.2 Å². The lowest BCUT2D eigenvalue weighted by Crippen LogP contribution is -2.29. The summed E-state index contributed by atoms with van der Waals surface area (Å²) in [7, 11) is -0.864. The van der Waals surface area contributed by atoms with Crippen LogP contribution in [0.15, 0.2) is 6.20 Å². The molecule has 102 valence electrons. The van der Waals surface area contributed by atoms with Crippen LogP contribution in [0.4, 0.5) is 5.69 Å². The van der Waals surface area contributed by atoms with Crippen molar-refractivity contribution in [3.63, 3.8) is 0 Å². The number of hydrogen-bond acceptors (Lipinski definition) is 4. The number of aromatic amines is 1. The van der Waals surface area contributed by atoms with E-state index in [1.807, 2.05) is 0 Å². The first-order valence-corrected chi connectivity index (χ1v) is 6.79. The van der Waals surface area contributed by atoms with Crippen molar-refractivity contribution < 1.29 is 17.9 Å². The SMILES string of the molecule is CCOC(=O)c1c(NS(=O)(=O)N(C)C)c[nH]c1C. The van der Waals surface area contributed by atoms with Crippen molar-refractivity contribution >= 4 is 21.9 Å². The fraction of sp³-hybridized carbons (Fsp3) is 0.500. The van der Waals surface area contributed by atoms with Crippen molar-refractivity contribution in [2.75, 3.05) is 25.4 Å². The summed E-state index contributed by atoms with van der Waals surface area (Å²) in [6, 6.07) is 0. The summed E-state index contributed by atoms with van der Waals surface area (Å²) in [4.78, 5) is 14.5. The van der Waals surface area contributed by atoms with Gasteiger partial charge in [0.25, 0.3) is 0 Å². The molecular formula is C10H17N3O4S. The van der Waals surface area contributed by atoms with Crippen molar-refractivity contribution in [2.45, 2.75) is 13.8 Å². The molecular weight excluding hydrogens is 258 g/mol. The second-order valence-electron chi connectivity index (χ2n) is 3.81. The molecule has 7 nitrogen and oxygen atoms in total. The van der Waals surface area contributed by atoms with E-state index in [1.54, 1.807) is 13.8 Å². The highest BCUT2D eigenvalue weighted by molar-refractivity contribution is 7.90. The highest BCUT2D eigenvalue weighted by Crippen LogP contribution is 2.21. The van der Waals surface area contributed by atoms with Crippen LogP contribution in [0.1, 0.15) is 23.0 Å². The van der Waals surface area contributed by atoms with Crippen LogP contribution in [0, 0.1) is 6.92 Å². The Hall–Kier alpha value is -1.54. The molecule has 1 aromatic rings. The largest absolute Gasteiger partial charge is 0.462 e. The molecule has 1 heterocycles. The third-order valence-electron chi connectivity index (χ3n) is 2.28. The molecule has 8 heteroatoms. The highest BCUT2D eigenvalue weighted by atomic mass is 32.2. The molecule has 1 aromatic heterocycles. The van der Waals surface area contributed by atoms with Crippen molar-refractivity contribution in [1.29, 1.82) is 0 Å². The van der Waals surface area contributed by atoms with E-state index in [1.165, 1.54) is 20.3 Å². The Morgan fingerprint density at radius 1 is 1.50 bits per heavy atom. The molecule has 0 radical (unpaired) electrons. The van der Waals surface area contributed by atoms with Crippen molar-refractivity contribution in [3.8, 4) is 0 Å². The number of esters is 1. The Bertz CT molecular complexity index is 533. The molecule has 18 heavy (non-hydrogen) atoms. The highest BCUT2D eigenvalue weighted by Gasteiger charge is 2.22. The number of aryl methyl sites for hydroxylation is 1. The number of carbonyl (C=O) groups excluding carboxylic acids is 1. The number of anilines is 1. The van der Waals surface area contributed by atoms with Crippen LogP contribution < -0.4 is 4.72 Å². The maximum absolute atomic E-state index is 11.7. The van der Waals surface area contributed by atoms with E-state index in [0.717, 1.165) is 4.31 Å². The molecule has 0 fully saturated rings. The van der Waals surface area contributed by atoms with Gasteiger partial charge in [0.1, 0.15) is 5.56 Å². The van der Waals surface area contributed by atoms with Gasteiger partial charge in [-0.05, 0) is 13.8 Å². The summed E-state index contributed by atoms with van der Waals surface area (Å²) >= 11 is 0. The molecule has 0 bridgehead atoms.